The molecule has 0 heterocycles. The molecule has 0 unspecified atom stereocenters. The molecule has 88 valence electrons. The Morgan fingerprint density at radius 3 is 2.50 bits per heavy atom. The predicted octanol–water partition coefficient (Wildman–Crippen LogP) is 1.33. The zero-order chi connectivity index (χ0) is 11.9. The highest BCUT2D eigenvalue weighted by molar-refractivity contribution is 9.10. The standard InChI is InChI=1S/C10H12BrNO3S/c11-7-1-2-10(16(12,14)15)9(5-7)6-3-8(13)4-6/h1-2,5-6,8,13H,3-4H2,(H2,12,14,15). The average Bonchev–Trinajstić information content (AvgIpc) is 2.10. The van der Waals surface area contributed by atoms with Gasteiger partial charge in [-0.05, 0) is 42.5 Å². The minimum absolute atomic E-state index is 0.0841. The number of sulfonamides is 1. The molecule has 1 aliphatic rings. The number of nitrogens with two attached hydrogens (primary N) is 1. The lowest BCUT2D eigenvalue weighted by molar-refractivity contribution is 0.0737. The monoisotopic (exact) mass is 305 g/mol. The molecule has 0 bridgehead atoms. The molecule has 1 aromatic carbocycles. The first kappa shape index (κ1) is 12.0. The van der Waals surface area contributed by atoms with E-state index in [1.54, 1.807) is 12.1 Å². The zero-order valence-electron chi connectivity index (χ0n) is 8.43. The lowest BCUT2D eigenvalue weighted by atomic mass is 9.78. The summed E-state index contributed by atoms with van der Waals surface area (Å²) < 4.78 is 23.6. The van der Waals surface area contributed by atoms with Crippen molar-refractivity contribution in [1.29, 1.82) is 0 Å². The van der Waals surface area contributed by atoms with E-state index in [0.29, 0.717) is 18.4 Å². The van der Waals surface area contributed by atoms with Crippen LogP contribution in [0, 0.1) is 0 Å². The summed E-state index contributed by atoms with van der Waals surface area (Å²) in [7, 11) is -3.69. The molecular weight excluding hydrogens is 294 g/mol. The minimum atomic E-state index is -3.69. The van der Waals surface area contributed by atoms with Crippen molar-refractivity contribution in [2.75, 3.05) is 0 Å². The molecule has 0 atom stereocenters. The van der Waals surface area contributed by atoms with Gasteiger partial charge in [-0.2, -0.15) is 0 Å². The van der Waals surface area contributed by atoms with Crippen molar-refractivity contribution in [3.05, 3.63) is 28.2 Å². The molecule has 0 aliphatic heterocycles. The second kappa shape index (κ2) is 4.10. The van der Waals surface area contributed by atoms with Gasteiger partial charge in [-0.15, -0.1) is 0 Å². The molecule has 1 aliphatic carbocycles. The van der Waals surface area contributed by atoms with Crippen LogP contribution in [-0.4, -0.2) is 19.6 Å². The van der Waals surface area contributed by atoms with Crippen LogP contribution in [0.5, 0.6) is 0 Å². The third-order valence-electron chi connectivity index (χ3n) is 2.83. The Labute approximate surface area is 103 Å². The SMILES string of the molecule is NS(=O)(=O)c1ccc(Br)cc1C1CC(O)C1. The predicted molar refractivity (Wildman–Crippen MR) is 63.5 cm³/mol. The van der Waals surface area contributed by atoms with Crippen molar-refractivity contribution >= 4 is 26.0 Å². The first-order valence-electron chi connectivity index (χ1n) is 4.88. The normalized spacial score (nSPS) is 25.2. The van der Waals surface area contributed by atoms with Crippen LogP contribution in [0.25, 0.3) is 0 Å². The molecule has 16 heavy (non-hydrogen) atoms. The second-order valence-electron chi connectivity index (χ2n) is 4.05. The van der Waals surface area contributed by atoms with Gasteiger partial charge in [-0.3, -0.25) is 0 Å². The molecule has 3 N–H and O–H groups in total. The summed E-state index contributed by atoms with van der Waals surface area (Å²) in [5.41, 5.74) is 0.696. The Kier molecular flexibility index (Phi) is 3.09. The van der Waals surface area contributed by atoms with Crippen LogP contribution < -0.4 is 5.14 Å². The quantitative estimate of drug-likeness (QED) is 0.865. The highest BCUT2D eigenvalue weighted by atomic mass is 79.9. The summed E-state index contributed by atoms with van der Waals surface area (Å²) in [5.74, 6) is 0.0841. The van der Waals surface area contributed by atoms with E-state index in [-0.39, 0.29) is 16.9 Å². The Hall–Kier alpha value is -0.430. The number of primary sulfonamides is 1. The summed E-state index contributed by atoms with van der Waals surface area (Å²) in [6.45, 7) is 0. The molecule has 1 fully saturated rings. The summed E-state index contributed by atoms with van der Waals surface area (Å²) in [6.07, 6.45) is 0.870. The third kappa shape index (κ3) is 2.29. The second-order valence-corrected chi connectivity index (χ2v) is 6.49. The number of rotatable bonds is 2. The molecule has 4 nitrogen and oxygen atoms in total. The largest absolute Gasteiger partial charge is 0.393 e. The summed E-state index contributed by atoms with van der Waals surface area (Å²) in [4.78, 5) is 0.160. The molecule has 2 rings (SSSR count). The summed E-state index contributed by atoms with van der Waals surface area (Å²) >= 11 is 3.30. The number of hydrogen-bond acceptors (Lipinski definition) is 3. The number of hydrogen-bond donors (Lipinski definition) is 2. The first-order valence-corrected chi connectivity index (χ1v) is 7.22. The van der Waals surface area contributed by atoms with Crippen LogP contribution >= 0.6 is 15.9 Å². The van der Waals surface area contributed by atoms with Crippen LogP contribution in [-0.2, 0) is 10.0 Å². The molecular formula is C10H12BrNO3S. The number of aliphatic hydroxyl groups is 1. The van der Waals surface area contributed by atoms with Gasteiger partial charge < -0.3 is 5.11 Å². The topological polar surface area (TPSA) is 80.4 Å². The summed E-state index contributed by atoms with van der Waals surface area (Å²) in [5, 5.41) is 14.4. The summed E-state index contributed by atoms with van der Waals surface area (Å²) in [6, 6.07) is 4.91. The molecule has 1 aromatic rings. The first-order chi connectivity index (χ1) is 7.38. The van der Waals surface area contributed by atoms with Gasteiger partial charge in [0.15, 0.2) is 0 Å². The van der Waals surface area contributed by atoms with E-state index in [4.69, 9.17) is 5.14 Å². The Balaban J connectivity index is 2.46. The van der Waals surface area contributed by atoms with Crippen molar-refractivity contribution in [2.24, 2.45) is 5.14 Å². The Bertz CT molecular complexity index is 509. The maximum absolute atomic E-state index is 11.4. The van der Waals surface area contributed by atoms with E-state index in [2.05, 4.69) is 15.9 Å². The van der Waals surface area contributed by atoms with E-state index in [1.165, 1.54) is 6.07 Å². The lowest BCUT2D eigenvalue weighted by Gasteiger charge is -2.32. The average molecular weight is 306 g/mol. The minimum Gasteiger partial charge on any atom is -0.393 e. The fraction of sp³-hybridized carbons (Fsp3) is 0.400. The van der Waals surface area contributed by atoms with E-state index >= 15 is 0 Å². The van der Waals surface area contributed by atoms with Gasteiger partial charge in [-0.25, -0.2) is 13.6 Å². The van der Waals surface area contributed by atoms with E-state index in [0.717, 1.165) is 4.47 Å². The molecule has 0 aromatic heterocycles. The molecule has 0 amide bonds. The van der Waals surface area contributed by atoms with Crippen LogP contribution in [0.4, 0.5) is 0 Å². The lowest BCUT2D eigenvalue weighted by Crippen LogP contribution is -2.28. The van der Waals surface area contributed by atoms with E-state index in [1.807, 2.05) is 0 Å². The molecule has 0 saturated heterocycles. The van der Waals surface area contributed by atoms with Gasteiger partial charge >= 0.3 is 0 Å². The van der Waals surface area contributed by atoms with Crippen molar-refractivity contribution in [3.8, 4) is 0 Å². The van der Waals surface area contributed by atoms with Crippen LogP contribution in [0.2, 0.25) is 0 Å². The van der Waals surface area contributed by atoms with Gasteiger partial charge in [0.25, 0.3) is 0 Å². The van der Waals surface area contributed by atoms with Crippen LogP contribution in [0.15, 0.2) is 27.6 Å². The zero-order valence-corrected chi connectivity index (χ0v) is 10.8. The maximum Gasteiger partial charge on any atom is 0.238 e. The van der Waals surface area contributed by atoms with Crippen molar-refractivity contribution in [1.82, 2.24) is 0 Å². The van der Waals surface area contributed by atoms with E-state index in [9.17, 15) is 13.5 Å². The van der Waals surface area contributed by atoms with Crippen molar-refractivity contribution in [2.45, 2.75) is 29.8 Å². The number of halogens is 1. The van der Waals surface area contributed by atoms with Gasteiger partial charge in [0.2, 0.25) is 10.0 Å². The number of benzene rings is 1. The molecule has 6 heteroatoms. The maximum atomic E-state index is 11.4. The highest BCUT2D eigenvalue weighted by Gasteiger charge is 2.32. The van der Waals surface area contributed by atoms with Crippen LogP contribution in [0.3, 0.4) is 0 Å². The Morgan fingerprint density at radius 1 is 1.38 bits per heavy atom. The fourth-order valence-electron chi connectivity index (χ4n) is 1.94. The number of aliphatic hydroxyl groups excluding tert-OH is 1. The smallest absolute Gasteiger partial charge is 0.238 e. The van der Waals surface area contributed by atoms with Crippen molar-refractivity contribution in [3.63, 3.8) is 0 Å². The van der Waals surface area contributed by atoms with Gasteiger partial charge in [0.05, 0.1) is 11.0 Å². The van der Waals surface area contributed by atoms with Gasteiger partial charge in [0, 0.05) is 4.47 Å². The Morgan fingerprint density at radius 2 is 2.00 bits per heavy atom. The molecule has 1 saturated carbocycles. The van der Waals surface area contributed by atoms with E-state index < -0.39 is 10.0 Å². The molecule has 0 radical (unpaired) electrons. The van der Waals surface area contributed by atoms with Gasteiger partial charge in [0.1, 0.15) is 0 Å². The van der Waals surface area contributed by atoms with Gasteiger partial charge in [-0.1, -0.05) is 15.9 Å². The fourth-order valence-corrected chi connectivity index (χ4v) is 3.13. The van der Waals surface area contributed by atoms with Crippen molar-refractivity contribution < 1.29 is 13.5 Å². The third-order valence-corrected chi connectivity index (χ3v) is 4.31. The molecule has 0 spiro atoms. The highest BCUT2D eigenvalue weighted by Crippen LogP contribution is 2.40. The van der Waals surface area contributed by atoms with Crippen LogP contribution in [0.1, 0.15) is 24.3 Å².